The van der Waals surface area contributed by atoms with Gasteiger partial charge in [-0.25, -0.2) is 0 Å². The number of hydrogen-bond acceptors (Lipinski definition) is 2. The van der Waals surface area contributed by atoms with Crippen LogP contribution < -0.4 is 5.32 Å². The largest absolute Gasteiger partial charge is 0.465 e. The molecule has 0 spiro atoms. The molecule has 1 atom stereocenters. The van der Waals surface area contributed by atoms with Crippen molar-refractivity contribution >= 4 is 17.6 Å². The van der Waals surface area contributed by atoms with Gasteiger partial charge in [0.1, 0.15) is 5.76 Å². The highest BCUT2D eigenvalue weighted by Crippen LogP contribution is 2.25. The molecule has 28 heavy (non-hydrogen) atoms. The van der Waals surface area contributed by atoms with Crippen molar-refractivity contribution in [1.29, 1.82) is 0 Å². The lowest BCUT2D eigenvalue weighted by Gasteiger charge is -2.21. The highest BCUT2D eigenvalue weighted by atomic mass is 16.3. The van der Waals surface area contributed by atoms with Crippen LogP contribution in [0.25, 0.3) is 11.6 Å². The number of benzene rings is 2. The van der Waals surface area contributed by atoms with Crippen LogP contribution in [-0.2, 0) is 10.2 Å². The maximum absolute atomic E-state index is 13.1. The Morgan fingerprint density at radius 3 is 2.21 bits per heavy atom. The number of hydrogen-bond donors (Lipinski definition) is 1. The second-order valence-corrected chi connectivity index (χ2v) is 8.01. The molecule has 0 aliphatic heterocycles. The van der Waals surface area contributed by atoms with Crippen LogP contribution in [0.15, 0.2) is 77.4 Å². The molecule has 3 aromatic rings. The fourth-order valence-corrected chi connectivity index (χ4v) is 3.04. The van der Waals surface area contributed by atoms with Crippen molar-refractivity contribution in [2.75, 3.05) is 0 Å². The van der Waals surface area contributed by atoms with E-state index in [-0.39, 0.29) is 17.4 Å². The third-order valence-corrected chi connectivity index (χ3v) is 4.78. The summed E-state index contributed by atoms with van der Waals surface area (Å²) in [5.74, 6) is 0.520. The number of amides is 1. The second-order valence-electron chi connectivity index (χ2n) is 8.01. The van der Waals surface area contributed by atoms with Gasteiger partial charge in [0.15, 0.2) is 0 Å². The minimum Gasteiger partial charge on any atom is -0.465 e. The van der Waals surface area contributed by atoms with Crippen molar-refractivity contribution in [1.82, 2.24) is 5.32 Å². The predicted octanol–water partition coefficient (Wildman–Crippen LogP) is 6.00. The molecule has 0 saturated heterocycles. The molecule has 3 rings (SSSR count). The minimum atomic E-state index is -0.130. The molecule has 0 radical (unpaired) electrons. The van der Waals surface area contributed by atoms with Crippen molar-refractivity contribution in [3.05, 3.63) is 95.4 Å². The van der Waals surface area contributed by atoms with E-state index in [0.29, 0.717) is 11.3 Å². The third-order valence-electron chi connectivity index (χ3n) is 4.78. The molecule has 0 bridgehead atoms. The highest BCUT2D eigenvalue weighted by molar-refractivity contribution is 6.24. The van der Waals surface area contributed by atoms with Crippen molar-refractivity contribution < 1.29 is 9.21 Å². The molecule has 1 heterocycles. The van der Waals surface area contributed by atoms with E-state index >= 15 is 0 Å². The summed E-state index contributed by atoms with van der Waals surface area (Å²) >= 11 is 0. The zero-order valence-corrected chi connectivity index (χ0v) is 16.9. The lowest BCUT2D eigenvalue weighted by molar-refractivity contribution is -0.116. The summed E-state index contributed by atoms with van der Waals surface area (Å²) in [6, 6.07) is 21.6. The molecule has 0 saturated carbocycles. The van der Waals surface area contributed by atoms with Gasteiger partial charge in [0.25, 0.3) is 5.91 Å². The Hall–Kier alpha value is -3.07. The summed E-state index contributed by atoms with van der Waals surface area (Å²) in [6.45, 7) is 8.58. The van der Waals surface area contributed by atoms with Crippen LogP contribution in [0.4, 0.5) is 0 Å². The van der Waals surface area contributed by atoms with E-state index in [1.807, 2.05) is 49.4 Å². The summed E-state index contributed by atoms with van der Waals surface area (Å²) < 4.78 is 5.41. The van der Waals surface area contributed by atoms with E-state index in [1.165, 1.54) is 5.56 Å². The van der Waals surface area contributed by atoms with E-state index in [0.717, 1.165) is 11.1 Å². The fourth-order valence-electron chi connectivity index (χ4n) is 3.04. The Balaban J connectivity index is 1.82. The number of furan rings is 1. The minimum absolute atomic E-state index is 0.106. The third kappa shape index (κ3) is 4.80. The molecule has 3 nitrogen and oxygen atoms in total. The Morgan fingerprint density at radius 2 is 1.64 bits per heavy atom. The number of nitrogens with one attached hydrogen (secondary N) is 1. The topological polar surface area (TPSA) is 42.2 Å². The number of carbonyl (C=O) groups is 1. The molecule has 1 N–H and O–H groups in total. The van der Waals surface area contributed by atoms with Gasteiger partial charge in [0, 0.05) is 0 Å². The SMILES string of the molecule is C[C@@H](NC(=O)/C(=C/c1ccco1)c1ccccc1)c1ccc(C(C)(C)C)cc1. The average molecular weight is 373 g/mol. The van der Waals surface area contributed by atoms with E-state index in [1.54, 1.807) is 12.3 Å². The summed E-state index contributed by atoms with van der Waals surface area (Å²) in [4.78, 5) is 13.1. The van der Waals surface area contributed by atoms with Crippen LogP contribution in [0.5, 0.6) is 0 Å². The molecule has 0 fully saturated rings. The molecule has 1 amide bonds. The van der Waals surface area contributed by atoms with Gasteiger partial charge >= 0.3 is 0 Å². The zero-order valence-electron chi connectivity index (χ0n) is 16.9. The molecule has 0 unspecified atom stereocenters. The highest BCUT2D eigenvalue weighted by Gasteiger charge is 2.18. The summed E-state index contributed by atoms with van der Waals surface area (Å²) in [7, 11) is 0. The molecule has 2 aromatic carbocycles. The summed E-state index contributed by atoms with van der Waals surface area (Å²) in [6.07, 6.45) is 3.38. The lowest BCUT2D eigenvalue weighted by Crippen LogP contribution is -2.27. The fraction of sp³-hybridized carbons (Fsp3) is 0.240. The first-order valence-electron chi connectivity index (χ1n) is 9.56. The van der Waals surface area contributed by atoms with Gasteiger partial charge in [0.2, 0.25) is 0 Å². The zero-order chi connectivity index (χ0) is 20.1. The van der Waals surface area contributed by atoms with Crippen LogP contribution in [-0.4, -0.2) is 5.91 Å². The maximum Gasteiger partial charge on any atom is 0.252 e. The molecular formula is C25H27NO2. The Morgan fingerprint density at radius 1 is 0.964 bits per heavy atom. The van der Waals surface area contributed by atoms with Crippen LogP contribution in [0, 0.1) is 0 Å². The van der Waals surface area contributed by atoms with Crippen LogP contribution in [0.3, 0.4) is 0 Å². The number of rotatable bonds is 5. The quantitative estimate of drug-likeness (QED) is 0.558. The summed E-state index contributed by atoms with van der Waals surface area (Å²) in [5.41, 5.74) is 3.89. The van der Waals surface area contributed by atoms with Gasteiger partial charge in [-0.3, -0.25) is 4.79 Å². The lowest BCUT2D eigenvalue weighted by atomic mass is 9.86. The first-order valence-corrected chi connectivity index (χ1v) is 9.56. The Kier molecular flexibility index (Phi) is 5.84. The van der Waals surface area contributed by atoms with Crippen LogP contribution >= 0.6 is 0 Å². The summed E-state index contributed by atoms with van der Waals surface area (Å²) in [5, 5.41) is 3.12. The Bertz CT molecular complexity index is 930. The van der Waals surface area contributed by atoms with Crippen LogP contribution in [0.1, 0.15) is 56.2 Å². The molecule has 0 aliphatic carbocycles. The van der Waals surface area contributed by atoms with Crippen molar-refractivity contribution in [3.63, 3.8) is 0 Å². The van der Waals surface area contributed by atoms with Crippen molar-refractivity contribution in [3.8, 4) is 0 Å². The first-order chi connectivity index (χ1) is 13.3. The van der Waals surface area contributed by atoms with Gasteiger partial charge in [0.05, 0.1) is 17.9 Å². The smallest absolute Gasteiger partial charge is 0.252 e. The van der Waals surface area contributed by atoms with E-state index in [4.69, 9.17) is 4.42 Å². The van der Waals surface area contributed by atoms with Gasteiger partial charge < -0.3 is 9.73 Å². The van der Waals surface area contributed by atoms with Crippen LogP contribution in [0.2, 0.25) is 0 Å². The number of carbonyl (C=O) groups excluding carboxylic acids is 1. The van der Waals surface area contributed by atoms with E-state index in [2.05, 4.69) is 50.4 Å². The first kappa shape index (κ1) is 19.7. The van der Waals surface area contributed by atoms with Crippen molar-refractivity contribution in [2.45, 2.75) is 39.2 Å². The maximum atomic E-state index is 13.1. The standard InChI is InChI=1S/C25H27NO2/c1-18(19-12-14-21(15-13-19)25(2,3)4)26-24(27)23(17-22-11-8-16-28-22)20-9-6-5-7-10-20/h5-18H,1-4H3,(H,26,27)/b23-17+/t18-/m1/s1. The van der Waals surface area contributed by atoms with Gasteiger partial charge in [-0.15, -0.1) is 0 Å². The monoisotopic (exact) mass is 373 g/mol. The molecular weight excluding hydrogens is 346 g/mol. The molecule has 1 aromatic heterocycles. The van der Waals surface area contributed by atoms with Gasteiger partial charge in [-0.05, 0) is 47.2 Å². The second kappa shape index (κ2) is 8.30. The van der Waals surface area contributed by atoms with Gasteiger partial charge in [-0.2, -0.15) is 0 Å². The molecule has 0 aliphatic rings. The molecule has 144 valence electrons. The van der Waals surface area contributed by atoms with Gasteiger partial charge in [-0.1, -0.05) is 75.4 Å². The average Bonchev–Trinajstić information content (AvgIpc) is 3.19. The molecule has 3 heteroatoms. The normalized spacial score (nSPS) is 13.2. The predicted molar refractivity (Wildman–Crippen MR) is 115 cm³/mol. The van der Waals surface area contributed by atoms with Crippen molar-refractivity contribution in [2.24, 2.45) is 0 Å². The van der Waals surface area contributed by atoms with E-state index in [9.17, 15) is 4.79 Å². The Labute approximate surface area is 167 Å². The van der Waals surface area contributed by atoms with E-state index < -0.39 is 0 Å².